The van der Waals surface area contributed by atoms with Crippen LogP contribution in [0, 0.1) is 5.41 Å². The van der Waals surface area contributed by atoms with E-state index < -0.39 is 0 Å². The number of halogens is 1. The van der Waals surface area contributed by atoms with Crippen LogP contribution >= 0.6 is 22.6 Å². The van der Waals surface area contributed by atoms with E-state index in [2.05, 4.69) is 36.4 Å². The van der Waals surface area contributed by atoms with Crippen molar-refractivity contribution < 1.29 is 4.79 Å². The van der Waals surface area contributed by atoms with Crippen molar-refractivity contribution >= 4 is 28.6 Å². The first kappa shape index (κ1) is 11.0. The van der Waals surface area contributed by atoms with Crippen LogP contribution in [0.4, 0.5) is 4.79 Å². The highest BCUT2D eigenvalue weighted by atomic mass is 127. The largest absolute Gasteiger partial charge is 0.351 e. The minimum Gasteiger partial charge on any atom is -0.351 e. The molecule has 0 saturated carbocycles. The van der Waals surface area contributed by atoms with Gasteiger partial charge in [0, 0.05) is 18.0 Å². The molecule has 0 aromatic rings. The fourth-order valence-corrected chi connectivity index (χ4v) is 1.00. The van der Waals surface area contributed by atoms with Crippen LogP contribution in [0.15, 0.2) is 0 Å². The van der Waals surface area contributed by atoms with Crippen LogP contribution in [0.1, 0.15) is 13.8 Å². The number of nitrogens with two attached hydrogens (primary N) is 1. The van der Waals surface area contributed by atoms with E-state index in [9.17, 15) is 4.79 Å². The smallest absolute Gasteiger partial charge is 0.314 e. The molecule has 0 unspecified atom stereocenters. The summed E-state index contributed by atoms with van der Waals surface area (Å²) in [6.07, 6.45) is 0. The second-order valence-corrected chi connectivity index (χ2v) is 4.25. The van der Waals surface area contributed by atoms with Crippen molar-refractivity contribution in [3.63, 3.8) is 0 Å². The van der Waals surface area contributed by atoms with Crippen molar-refractivity contribution in [1.82, 2.24) is 4.90 Å². The topological polar surface area (TPSA) is 46.3 Å². The maximum atomic E-state index is 10.6. The molecule has 4 heteroatoms. The van der Waals surface area contributed by atoms with Crippen LogP contribution in [-0.4, -0.2) is 29.0 Å². The molecule has 0 aliphatic carbocycles. The lowest BCUT2D eigenvalue weighted by Gasteiger charge is -2.27. The zero-order valence-corrected chi connectivity index (χ0v) is 9.38. The van der Waals surface area contributed by atoms with Gasteiger partial charge in [0.2, 0.25) is 0 Å². The van der Waals surface area contributed by atoms with Crippen molar-refractivity contribution in [1.29, 1.82) is 0 Å². The SMILES string of the molecule is CN(CC(C)(C)CI)C(N)=O. The quantitative estimate of drug-likeness (QED) is 0.612. The van der Waals surface area contributed by atoms with Crippen molar-refractivity contribution in [2.75, 3.05) is 18.0 Å². The Labute approximate surface area is 81.5 Å². The zero-order chi connectivity index (χ0) is 9.07. The second kappa shape index (κ2) is 4.13. The molecule has 0 radical (unpaired) electrons. The Morgan fingerprint density at radius 1 is 1.64 bits per heavy atom. The first-order chi connectivity index (χ1) is 4.89. The summed E-state index contributed by atoms with van der Waals surface area (Å²) in [5.41, 5.74) is 5.24. The number of alkyl halides is 1. The number of carbonyl (C=O) groups excluding carboxylic acids is 1. The maximum absolute atomic E-state index is 10.6. The van der Waals surface area contributed by atoms with Gasteiger partial charge in [0.25, 0.3) is 0 Å². The van der Waals surface area contributed by atoms with Gasteiger partial charge in [-0.05, 0) is 5.41 Å². The molecule has 0 aliphatic rings. The van der Waals surface area contributed by atoms with Gasteiger partial charge < -0.3 is 10.6 Å². The van der Waals surface area contributed by atoms with E-state index >= 15 is 0 Å². The minimum absolute atomic E-state index is 0.157. The third-order valence-corrected chi connectivity index (χ3v) is 3.47. The molecule has 2 N–H and O–H groups in total. The Hall–Kier alpha value is 0. The highest BCUT2D eigenvalue weighted by molar-refractivity contribution is 14.1. The number of amides is 2. The number of carbonyl (C=O) groups is 1. The van der Waals surface area contributed by atoms with Crippen molar-refractivity contribution in [3.8, 4) is 0 Å². The highest BCUT2D eigenvalue weighted by Gasteiger charge is 2.19. The van der Waals surface area contributed by atoms with Gasteiger partial charge >= 0.3 is 6.03 Å². The lowest BCUT2D eigenvalue weighted by Crippen LogP contribution is -2.39. The molecule has 0 aromatic carbocycles. The van der Waals surface area contributed by atoms with E-state index in [1.54, 1.807) is 11.9 Å². The third-order valence-electron chi connectivity index (χ3n) is 1.40. The summed E-state index contributed by atoms with van der Waals surface area (Å²) in [5, 5.41) is 0. The van der Waals surface area contributed by atoms with Crippen molar-refractivity contribution in [2.24, 2.45) is 11.1 Å². The van der Waals surface area contributed by atoms with Gasteiger partial charge in [0.15, 0.2) is 0 Å². The molecule has 0 atom stereocenters. The predicted octanol–water partition coefficient (Wildman–Crippen LogP) is 1.46. The van der Waals surface area contributed by atoms with Crippen LogP contribution in [0.2, 0.25) is 0 Å². The molecule has 66 valence electrons. The monoisotopic (exact) mass is 270 g/mol. The Bertz CT molecular complexity index is 147. The lowest BCUT2D eigenvalue weighted by molar-refractivity contribution is 0.199. The number of hydrogen-bond acceptors (Lipinski definition) is 1. The molecule has 0 rings (SSSR count). The summed E-state index contributed by atoms with van der Waals surface area (Å²) in [4.78, 5) is 12.2. The van der Waals surface area contributed by atoms with Crippen LogP contribution in [0.5, 0.6) is 0 Å². The third kappa shape index (κ3) is 4.44. The molecular weight excluding hydrogens is 255 g/mol. The maximum Gasteiger partial charge on any atom is 0.314 e. The second-order valence-electron chi connectivity index (χ2n) is 3.49. The van der Waals surface area contributed by atoms with Crippen molar-refractivity contribution in [2.45, 2.75) is 13.8 Å². The van der Waals surface area contributed by atoms with Gasteiger partial charge in [0.1, 0.15) is 0 Å². The number of rotatable bonds is 3. The van der Waals surface area contributed by atoms with Crippen LogP contribution in [0.25, 0.3) is 0 Å². The molecule has 0 saturated heterocycles. The molecule has 0 aliphatic heterocycles. The fourth-order valence-electron chi connectivity index (χ4n) is 0.762. The lowest BCUT2D eigenvalue weighted by atomic mass is 9.96. The number of hydrogen-bond donors (Lipinski definition) is 1. The van der Waals surface area contributed by atoms with Gasteiger partial charge in [-0.15, -0.1) is 0 Å². The normalized spacial score (nSPS) is 11.3. The average Bonchev–Trinajstić information content (AvgIpc) is 1.87. The van der Waals surface area contributed by atoms with Crippen LogP contribution in [0.3, 0.4) is 0 Å². The molecule has 0 aromatic heterocycles. The molecule has 0 spiro atoms. The molecule has 0 bridgehead atoms. The Morgan fingerprint density at radius 2 is 2.09 bits per heavy atom. The zero-order valence-electron chi connectivity index (χ0n) is 7.22. The summed E-state index contributed by atoms with van der Waals surface area (Å²) in [7, 11) is 1.72. The van der Waals surface area contributed by atoms with Gasteiger partial charge in [-0.1, -0.05) is 36.4 Å². The van der Waals surface area contributed by atoms with Crippen molar-refractivity contribution in [3.05, 3.63) is 0 Å². The summed E-state index contributed by atoms with van der Waals surface area (Å²) in [6, 6.07) is -0.358. The molecule has 0 heterocycles. The van der Waals surface area contributed by atoms with E-state index in [0.717, 1.165) is 4.43 Å². The van der Waals surface area contributed by atoms with Gasteiger partial charge in [-0.25, -0.2) is 4.79 Å². The molecule has 11 heavy (non-hydrogen) atoms. The van der Waals surface area contributed by atoms with Gasteiger partial charge in [-0.2, -0.15) is 0 Å². The van der Waals surface area contributed by atoms with E-state index in [1.165, 1.54) is 0 Å². The molecular formula is C7H15IN2O. The van der Waals surface area contributed by atoms with Crippen LogP contribution in [-0.2, 0) is 0 Å². The van der Waals surface area contributed by atoms with Gasteiger partial charge in [-0.3, -0.25) is 0 Å². The Balaban J connectivity index is 3.93. The highest BCUT2D eigenvalue weighted by Crippen LogP contribution is 2.18. The number of primary amides is 1. The number of nitrogens with zero attached hydrogens (tertiary/aromatic N) is 1. The average molecular weight is 270 g/mol. The molecule has 2 amide bonds. The fraction of sp³-hybridized carbons (Fsp3) is 0.857. The summed E-state index contributed by atoms with van der Waals surface area (Å²) < 4.78 is 1.02. The molecule has 3 nitrogen and oxygen atoms in total. The van der Waals surface area contributed by atoms with Crippen LogP contribution < -0.4 is 5.73 Å². The van der Waals surface area contributed by atoms with E-state index in [1.807, 2.05) is 0 Å². The number of urea groups is 1. The van der Waals surface area contributed by atoms with E-state index in [4.69, 9.17) is 5.73 Å². The Kier molecular flexibility index (Phi) is 4.13. The minimum atomic E-state index is -0.358. The molecule has 0 fully saturated rings. The first-order valence-electron chi connectivity index (χ1n) is 3.45. The van der Waals surface area contributed by atoms with E-state index in [-0.39, 0.29) is 11.4 Å². The standard InChI is InChI=1S/C7H15IN2O/c1-7(2,4-8)5-10(3)6(9)11/h4-5H2,1-3H3,(H2,9,11). The summed E-state index contributed by atoms with van der Waals surface area (Å²) in [5.74, 6) is 0. The summed E-state index contributed by atoms with van der Waals surface area (Å²) >= 11 is 2.31. The predicted molar refractivity (Wildman–Crippen MR) is 54.9 cm³/mol. The van der Waals surface area contributed by atoms with E-state index in [0.29, 0.717) is 6.54 Å². The first-order valence-corrected chi connectivity index (χ1v) is 4.98. The Morgan fingerprint density at radius 3 is 2.36 bits per heavy atom. The van der Waals surface area contributed by atoms with Gasteiger partial charge in [0.05, 0.1) is 0 Å². The summed E-state index contributed by atoms with van der Waals surface area (Å²) in [6.45, 7) is 4.93.